The predicted molar refractivity (Wildman–Crippen MR) is 248 cm³/mol. The minimum Gasteiger partial charge on any atom is -0.481 e. The topological polar surface area (TPSA) is 220 Å². The Balaban J connectivity index is 1.93. The van der Waals surface area contributed by atoms with Gasteiger partial charge in [0.25, 0.3) is 5.91 Å². The standard InChI is InChI=1S/C47H77N7O8S/c1-9-11-12-14-23-54(45(58)41(32(5)10-2)52-43(57)38-16-13-15-22-53(38)24-26-61-25-21-48)39(31(3)4)28-40(62-33(6)55)44-51-37(30-63-44)42(56)50-36(29-47(7,8)46(59)60)27-34-17-19-35(49)20-18-34/h17-20,30-32,36,38-41H,9-16,21-29,48-49H2,1-8H3,(H,50,56)(H,52,57)(H,59,60)/t32-,36-,38+,39+,40+,41-/m0/s1. The summed E-state index contributed by atoms with van der Waals surface area (Å²) < 4.78 is 11.6. The first-order valence-electron chi connectivity index (χ1n) is 23.1. The molecule has 0 bridgehead atoms. The van der Waals surface area contributed by atoms with Crippen molar-refractivity contribution in [2.45, 2.75) is 156 Å². The number of nitrogens with one attached hydrogen (secondary N) is 2. The first kappa shape index (κ1) is 53.2. The molecular formula is C47H77N7O8S. The normalized spacial score (nSPS) is 17.0. The molecule has 1 aliphatic rings. The van der Waals surface area contributed by atoms with Crippen LogP contribution in [0.3, 0.4) is 0 Å². The van der Waals surface area contributed by atoms with Gasteiger partial charge in [-0.2, -0.15) is 0 Å². The molecule has 3 rings (SSSR count). The van der Waals surface area contributed by atoms with Gasteiger partial charge in [-0.1, -0.05) is 78.9 Å². The maximum atomic E-state index is 15.1. The number of rotatable bonds is 28. The largest absolute Gasteiger partial charge is 0.481 e. The molecule has 354 valence electrons. The Morgan fingerprint density at radius 2 is 1.75 bits per heavy atom. The Hall–Kier alpha value is -4.12. The van der Waals surface area contributed by atoms with Gasteiger partial charge in [0, 0.05) is 56.1 Å². The quantitative estimate of drug-likeness (QED) is 0.0358. The van der Waals surface area contributed by atoms with Crippen molar-refractivity contribution in [2.75, 3.05) is 45.1 Å². The number of piperidine rings is 1. The number of hydrogen-bond acceptors (Lipinski definition) is 12. The summed E-state index contributed by atoms with van der Waals surface area (Å²) in [4.78, 5) is 76.6. The lowest BCUT2D eigenvalue weighted by Gasteiger charge is -2.40. The van der Waals surface area contributed by atoms with Gasteiger partial charge in [0.15, 0.2) is 6.10 Å². The highest BCUT2D eigenvalue weighted by atomic mass is 32.1. The number of nitrogens with two attached hydrogens (primary N) is 2. The molecule has 3 amide bonds. The summed E-state index contributed by atoms with van der Waals surface area (Å²) in [5, 5.41) is 18.2. The molecule has 0 saturated carbocycles. The second-order valence-corrected chi connectivity index (χ2v) is 19.0. The molecule has 1 fully saturated rings. The van der Waals surface area contributed by atoms with E-state index in [0.29, 0.717) is 62.8 Å². The maximum Gasteiger partial charge on any atom is 0.309 e. The SMILES string of the molecule is CCCCCCN(C(=O)[C@@H](NC(=O)[C@H]1CCCCN1CCOCCN)[C@@H](C)CC)[C@H](C[C@@H](OC(C)=O)c1nc(C(=O)N[C@@H](Cc2ccc(N)cc2)CC(C)(C)C(=O)O)cs1)C(C)C. The summed E-state index contributed by atoms with van der Waals surface area (Å²) in [5.74, 6) is -2.56. The molecule has 1 saturated heterocycles. The molecule has 1 aromatic heterocycles. The third-order valence-electron chi connectivity index (χ3n) is 12.1. The summed E-state index contributed by atoms with van der Waals surface area (Å²) in [6, 6.07) is 5.11. The van der Waals surface area contributed by atoms with Crippen LogP contribution in [-0.2, 0) is 35.1 Å². The van der Waals surface area contributed by atoms with Crippen LogP contribution in [0.4, 0.5) is 5.69 Å². The number of carboxylic acids is 1. The van der Waals surface area contributed by atoms with E-state index in [1.54, 1.807) is 31.4 Å². The molecule has 1 aromatic carbocycles. The van der Waals surface area contributed by atoms with Crippen LogP contribution in [0.25, 0.3) is 0 Å². The van der Waals surface area contributed by atoms with E-state index < -0.39 is 47.5 Å². The second kappa shape index (κ2) is 26.6. The van der Waals surface area contributed by atoms with Gasteiger partial charge in [-0.05, 0) is 82.0 Å². The van der Waals surface area contributed by atoms with E-state index in [1.165, 1.54) is 18.3 Å². The van der Waals surface area contributed by atoms with E-state index in [2.05, 4.69) is 22.5 Å². The Labute approximate surface area is 379 Å². The average molecular weight is 900 g/mol. The third-order valence-corrected chi connectivity index (χ3v) is 13.0. The third kappa shape index (κ3) is 17.1. The van der Waals surface area contributed by atoms with Crippen LogP contribution in [-0.4, -0.2) is 113 Å². The number of ether oxygens (including phenoxy) is 2. The number of carbonyl (C=O) groups excluding carboxylic acids is 4. The van der Waals surface area contributed by atoms with Gasteiger partial charge >= 0.3 is 11.9 Å². The fourth-order valence-corrected chi connectivity index (χ4v) is 9.01. The highest BCUT2D eigenvalue weighted by molar-refractivity contribution is 7.09. The number of thiazole rings is 1. The molecule has 16 heteroatoms. The van der Waals surface area contributed by atoms with Crippen LogP contribution in [0, 0.1) is 17.3 Å². The minimum absolute atomic E-state index is 0.0803. The van der Waals surface area contributed by atoms with Gasteiger partial charge in [0.05, 0.1) is 24.7 Å². The van der Waals surface area contributed by atoms with Crippen LogP contribution >= 0.6 is 11.3 Å². The molecule has 1 aliphatic heterocycles. The van der Waals surface area contributed by atoms with E-state index in [-0.39, 0.29) is 48.2 Å². The Morgan fingerprint density at radius 1 is 1.03 bits per heavy atom. The van der Waals surface area contributed by atoms with Crippen molar-refractivity contribution in [3.05, 3.63) is 45.9 Å². The summed E-state index contributed by atoms with van der Waals surface area (Å²) in [6.07, 6.45) is 6.87. The number of esters is 1. The number of aromatic nitrogens is 1. The van der Waals surface area contributed by atoms with Gasteiger partial charge < -0.3 is 41.6 Å². The van der Waals surface area contributed by atoms with E-state index in [1.807, 2.05) is 44.7 Å². The number of hydrogen-bond donors (Lipinski definition) is 5. The van der Waals surface area contributed by atoms with Gasteiger partial charge in [-0.25, -0.2) is 4.98 Å². The van der Waals surface area contributed by atoms with Gasteiger partial charge in [-0.15, -0.1) is 11.3 Å². The highest BCUT2D eigenvalue weighted by Crippen LogP contribution is 2.32. The average Bonchev–Trinajstić information content (AvgIpc) is 3.74. The Morgan fingerprint density at radius 3 is 2.37 bits per heavy atom. The first-order valence-corrected chi connectivity index (χ1v) is 23.9. The predicted octanol–water partition coefficient (Wildman–Crippen LogP) is 6.36. The second-order valence-electron chi connectivity index (χ2n) is 18.1. The molecule has 0 aliphatic carbocycles. The summed E-state index contributed by atoms with van der Waals surface area (Å²) in [5.41, 5.74) is 12.0. The summed E-state index contributed by atoms with van der Waals surface area (Å²) in [6.45, 7) is 18.0. The molecule has 0 spiro atoms. The van der Waals surface area contributed by atoms with Crippen molar-refractivity contribution in [3.8, 4) is 0 Å². The summed E-state index contributed by atoms with van der Waals surface area (Å²) in [7, 11) is 0. The fourth-order valence-electron chi connectivity index (χ4n) is 8.18. The number of carbonyl (C=O) groups is 5. The summed E-state index contributed by atoms with van der Waals surface area (Å²) >= 11 is 1.19. The van der Waals surface area contributed by atoms with E-state index >= 15 is 4.79 Å². The highest BCUT2D eigenvalue weighted by Gasteiger charge is 2.39. The number of carboxylic acid groups (broad SMARTS) is 1. The van der Waals surface area contributed by atoms with Crippen molar-refractivity contribution >= 4 is 46.7 Å². The van der Waals surface area contributed by atoms with Crippen molar-refractivity contribution < 1.29 is 38.6 Å². The monoisotopic (exact) mass is 900 g/mol. The van der Waals surface area contributed by atoms with Crippen LogP contribution in [0.15, 0.2) is 29.6 Å². The van der Waals surface area contributed by atoms with E-state index in [4.69, 9.17) is 25.9 Å². The number of anilines is 1. The fraction of sp³-hybridized carbons (Fsp3) is 0.702. The van der Waals surface area contributed by atoms with Crippen molar-refractivity contribution in [2.24, 2.45) is 23.0 Å². The number of benzene rings is 1. The lowest BCUT2D eigenvalue weighted by atomic mass is 9.84. The first-order chi connectivity index (χ1) is 29.9. The molecule has 7 N–H and O–H groups in total. The lowest BCUT2D eigenvalue weighted by Crippen LogP contribution is -2.59. The van der Waals surface area contributed by atoms with Gasteiger partial charge in [0.2, 0.25) is 11.8 Å². The molecule has 15 nitrogen and oxygen atoms in total. The number of nitrogens with zero attached hydrogens (tertiary/aromatic N) is 3. The minimum atomic E-state index is -1.13. The van der Waals surface area contributed by atoms with Crippen LogP contribution < -0.4 is 22.1 Å². The van der Waals surface area contributed by atoms with Crippen molar-refractivity contribution in [1.82, 2.24) is 25.4 Å². The maximum absolute atomic E-state index is 15.1. The van der Waals surface area contributed by atoms with E-state index in [0.717, 1.165) is 50.6 Å². The molecular weight excluding hydrogens is 823 g/mol. The molecule has 0 radical (unpaired) electrons. The molecule has 2 aromatic rings. The number of nitrogen functional groups attached to an aromatic ring is 1. The van der Waals surface area contributed by atoms with Crippen LogP contribution in [0.5, 0.6) is 0 Å². The zero-order valence-electron chi connectivity index (χ0n) is 39.2. The Bertz CT molecular complexity index is 1740. The smallest absolute Gasteiger partial charge is 0.309 e. The molecule has 6 atom stereocenters. The van der Waals surface area contributed by atoms with Crippen LogP contribution in [0.2, 0.25) is 0 Å². The van der Waals surface area contributed by atoms with Gasteiger partial charge in [0.1, 0.15) is 16.7 Å². The molecule has 63 heavy (non-hydrogen) atoms. The molecule has 0 unspecified atom stereocenters. The number of aliphatic carboxylic acids is 1. The van der Waals surface area contributed by atoms with Crippen molar-refractivity contribution in [3.63, 3.8) is 0 Å². The number of likely N-dealkylation sites (tertiary alicyclic amines) is 1. The zero-order chi connectivity index (χ0) is 46.7. The number of amides is 3. The van der Waals surface area contributed by atoms with Crippen molar-refractivity contribution in [1.29, 1.82) is 0 Å². The number of unbranched alkanes of at least 4 members (excludes halogenated alkanes) is 3. The lowest BCUT2D eigenvalue weighted by molar-refractivity contribution is -0.150. The Kier molecular flexibility index (Phi) is 22.5. The zero-order valence-corrected chi connectivity index (χ0v) is 40.0. The van der Waals surface area contributed by atoms with E-state index in [9.17, 15) is 24.3 Å². The van der Waals surface area contributed by atoms with Gasteiger partial charge in [-0.3, -0.25) is 28.9 Å². The van der Waals surface area contributed by atoms with Crippen LogP contribution in [0.1, 0.15) is 147 Å². The molecule has 2 heterocycles.